The van der Waals surface area contributed by atoms with Crippen molar-refractivity contribution in [3.8, 4) is 5.75 Å². The van der Waals surface area contributed by atoms with E-state index in [0.717, 1.165) is 10.9 Å². The van der Waals surface area contributed by atoms with Gasteiger partial charge < -0.3 is 24.3 Å². The van der Waals surface area contributed by atoms with Crippen LogP contribution >= 0.6 is 0 Å². The standard InChI is InChI=1S/C17H21N3O4/c1-3-24-17(22)20-9-7-19(8-10-20)16(21)13-11-12-5-4-6-14(23-2)15(12)18-13/h4-6,11,18H,3,7-10H2,1-2H3. The van der Waals surface area contributed by atoms with E-state index < -0.39 is 0 Å². The highest BCUT2D eigenvalue weighted by atomic mass is 16.6. The molecule has 1 saturated heterocycles. The van der Waals surface area contributed by atoms with E-state index in [0.29, 0.717) is 44.2 Å². The number of methoxy groups -OCH3 is 1. The number of hydrogen-bond donors (Lipinski definition) is 1. The van der Waals surface area contributed by atoms with E-state index in [9.17, 15) is 9.59 Å². The van der Waals surface area contributed by atoms with Crippen molar-refractivity contribution in [3.05, 3.63) is 30.0 Å². The number of fused-ring (bicyclic) bond motifs is 1. The van der Waals surface area contributed by atoms with Crippen LogP contribution in [0.15, 0.2) is 24.3 Å². The maximum Gasteiger partial charge on any atom is 0.409 e. The molecule has 1 aliphatic rings. The SMILES string of the molecule is CCOC(=O)N1CCN(C(=O)c2cc3cccc(OC)c3[nH]2)CC1. The molecule has 1 aromatic carbocycles. The minimum absolute atomic E-state index is 0.0724. The van der Waals surface area contributed by atoms with Gasteiger partial charge in [0.25, 0.3) is 5.91 Å². The number of H-pyrrole nitrogens is 1. The van der Waals surface area contributed by atoms with Crippen LogP contribution in [0.1, 0.15) is 17.4 Å². The van der Waals surface area contributed by atoms with Crippen LogP contribution in [0.25, 0.3) is 10.9 Å². The van der Waals surface area contributed by atoms with Crippen molar-refractivity contribution in [1.29, 1.82) is 0 Å². The minimum atomic E-state index is -0.319. The first-order chi connectivity index (χ1) is 11.6. The molecule has 2 amide bonds. The van der Waals surface area contributed by atoms with Gasteiger partial charge in [-0.3, -0.25) is 4.79 Å². The predicted octanol–water partition coefficient (Wildman–Crippen LogP) is 2.09. The quantitative estimate of drug-likeness (QED) is 0.934. The van der Waals surface area contributed by atoms with E-state index in [2.05, 4.69) is 4.98 Å². The molecule has 3 rings (SSSR count). The summed E-state index contributed by atoms with van der Waals surface area (Å²) in [4.78, 5) is 30.9. The van der Waals surface area contributed by atoms with Crippen LogP contribution in [-0.2, 0) is 4.74 Å². The van der Waals surface area contributed by atoms with Crippen LogP contribution in [-0.4, -0.2) is 66.7 Å². The van der Waals surface area contributed by atoms with Crippen LogP contribution in [0.2, 0.25) is 0 Å². The molecule has 0 bridgehead atoms. The molecule has 1 aliphatic heterocycles. The Morgan fingerprint density at radius 1 is 1.17 bits per heavy atom. The van der Waals surface area contributed by atoms with Crippen molar-refractivity contribution >= 4 is 22.9 Å². The number of rotatable bonds is 3. The number of amides is 2. The number of para-hydroxylation sites is 1. The third-order valence-corrected chi connectivity index (χ3v) is 4.16. The average Bonchev–Trinajstić information content (AvgIpc) is 3.05. The highest BCUT2D eigenvalue weighted by Gasteiger charge is 2.26. The molecule has 128 valence electrons. The van der Waals surface area contributed by atoms with Gasteiger partial charge in [-0.05, 0) is 19.1 Å². The summed E-state index contributed by atoms with van der Waals surface area (Å²) in [5, 5.41) is 0.933. The third kappa shape index (κ3) is 3.02. The Bertz CT molecular complexity index is 747. The van der Waals surface area contributed by atoms with Gasteiger partial charge >= 0.3 is 6.09 Å². The molecule has 1 fully saturated rings. The van der Waals surface area contributed by atoms with Crippen LogP contribution in [0.5, 0.6) is 5.75 Å². The number of aromatic nitrogens is 1. The van der Waals surface area contributed by atoms with E-state index in [1.807, 2.05) is 24.3 Å². The number of piperazine rings is 1. The molecule has 2 heterocycles. The first-order valence-corrected chi connectivity index (χ1v) is 8.00. The molecule has 7 nitrogen and oxygen atoms in total. The molecule has 24 heavy (non-hydrogen) atoms. The lowest BCUT2D eigenvalue weighted by Crippen LogP contribution is -2.50. The fourth-order valence-corrected chi connectivity index (χ4v) is 2.89. The zero-order valence-electron chi connectivity index (χ0n) is 13.9. The second-order valence-electron chi connectivity index (χ2n) is 5.59. The van der Waals surface area contributed by atoms with Gasteiger partial charge in [-0.25, -0.2) is 4.79 Å². The molecule has 1 aromatic heterocycles. The van der Waals surface area contributed by atoms with Crippen molar-refractivity contribution in [2.24, 2.45) is 0 Å². The highest BCUT2D eigenvalue weighted by Crippen LogP contribution is 2.26. The Labute approximate surface area is 140 Å². The van der Waals surface area contributed by atoms with Crippen LogP contribution < -0.4 is 4.74 Å². The zero-order valence-corrected chi connectivity index (χ0v) is 13.9. The first-order valence-electron chi connectivity index (χ1n) is 8.00. The fourth-order valence-electron chi connectivity index (χ4n) is 2.89. The smallest absolute Gasteiger partial charge is 0.409 e. The number of aromatic amines is 1. The van der Waals surface area contributed by atoms with Gasteiger partial charge in [0.15, 0.2) is 0 Å². The number of ether oxygens (including phenoxy) is 2. The lowest BCUT2D eigenvalue weighted by atomic mass is 10.2. The van der Waals surface area contributed by atoms with Crippen LogP contribution in [0, 0.1) is 0 Å². The van der Waals surface area contributed by atoms with Crippen molar-refractivity contribution < 1.29 is 19.1 Å². The first kappa shape index (κ1) is 16.2. The van der Waals surface area contributed by atoms with Gasteiger partial charge in [0, 0.05) is 31.6 Å². The van der Waals surface area contributed by atoms with Gasteiger partial charge in [0.05, 0.1) is 19.2 Å². The van der Waals surface area contributed by atoms with Gasteiger partial charge in [-0.1, -0.05) is 12.1 Å². The van der Waals surface area contributed by atoms with Gasteiger partial charge in [0.2, 0.25) is 0 Å². The molecule has 1 N–H and O–H groups in total. The Hall–Kier alpha value is -2.70. The van der Waals surface area contributed by atoms with E-state index >= 15 is 0 Å². The second kappa shape index (κ2) is 6.82. The maximum absolute atomic E-state index is 12.7. The molecular weight excluding hydrogens is 310 g/mol. The number of carbonyl (C=O) groups excluding carboxylic acids is 2. The number of carbonyl (C=O) groups is 2. The monoisotopic (exact) mass is 331 g/mol. The van der Waals surface area contributed by atoms with E-state index in [-0.39, 0.29) is 12.0 Å². The second-order valence-corrected chi connectivity index (χ2v) is 5.59. The average molecular weight is 331 g/mol. The minimum Gasteiger partial charge on any atom is -0.495 e. The van der Waals surface area contributed by atoms with Gasteiger partial charge in [0.1, 0.15) is 11.4 Å². The van der Waals surface area contributed by atoms with Crippen LogP contribution in [0.3, 0.4) is 0 Å². The van der Waals surface area contributed by atoms with E-state index in [1.165, 1.54) is 0 Å². The van der Waals surface area contributed by atoms with E-state index in [1.54, 1.807) is 23.8 Å². The number of benzene rings is 1. The molecule has 0 spiro atoms. The number of hydrogen-bond acceptors (Lipinski definition) is 4. The summed E-state index contributed by atoms with van der Waals surface area (Å²) in [6, 6.07) is 7.51. The zero-order chi connectivity index (χ0) is 17.1. The topological polar surface area (TPSA) is 74.9 Å². The Morgan fingerprint density at radius 2 is 1.88 bits per heavy atom. The van der Waals surface area contributed by atoms with Crippen molar-refractivity contribution in [2.45, 2.75) is 6.92 Å². The molecule has 2 aromatic rings. The molecule has 0 saturated carbocycles. The normalized spacial score (nSPS) is 14.8. The van der Waals surface area contributed by atoms with Gasteiger partial charge in [-0.15, -0.1) is 0 Å². The summed E-state index contributed by atoms with van der Waals surface area (Å²) in [6.07, 6.45) is -0.319. The molecule has 0 aliphatic carbocycles. The summed E-state index contributed by atoms with van der Waals surface area (Å²) in [7, 11) is 1.60. The summed E-state index contributed by atoms with van der Waals surface area (Å²) in [6.45, 7) is 4.08. The van der Waals surface area contributed by atoms with Crippen LogP contribution in [0.4, 0.5) is 4.79 Å². The van der Waals surface area contributed by atoms with Crippen molar-refractivity contribution in [3.63, 3.8) is 0 Å². The predicted molar refractivity (Wildman–Crippen MR) is 89.3 cm³/mol. The molecule has 0 radical (unpaired) electrons. The Balaban J connectivity index is 1.71. The summed E-state index contributed by atoms with van der Waals surface area (Å²) < 4.78 is 10.3. The highest BCUT2D eigenvalue weighted by molar-refractivity contribution is 5.99. The largest absolute Gasteiger partial charge is 0.495 e. The number of nitrogens with one attached hydrogen (secondary N) is 1. The Kier molecular flexibility index (Phi) is 4.59. The number of nitrogens with zero attached hydrogens (tertiary/aromatic N) is 2. The Morgan fingerprint density at radius 3 is 2.54 bits per heavy atom. The van der Waals surface area contributed by atoms with Crippen molar-refractivity contribution in [2.75, 3.05) is 39.9 Å². The summed E-state index contributed by atoms with van der Waals surface area (Å²) in [5.74, 6) is 0.635. The molecule has 0 unspecified atom stereocenters. The lowest BCUT2D eigenvalue weighted by molar-refractivity contribution is 0.0566. The van der Waals surface area contributed by atoms with Gasteiger partial charge in [-0.2, -0.15) is 0 Å². The molecular formula is C17H21N3O4. The summed E-state index contributed by atoms with van der Waals surface area (Å²) >= 11 is 0. The third-order valence-electron chi connectivity index (χ3n) is 4.16. The summed E-state index contributed by atoms with van der Waals surface area (Å²) in [5.41, 5.74) is 1.34. The lowest BCUT2D eigenvalue weighted by Gasteiger charge is -2.33. The van der Waals surface area contributed by atoms with Crippen molar-refractivity contribution in [1.82, 2.24) is 14.8 Å². The van der Waals surface area contributed by atoms with E-state index in [4.69, 9.17) is 9.47 Å². The fraction of sp³-hybridized carbons (Fsp3) is 0.412. The maximum atomic E-state index is 12.7. The molecule has 7 heteroatoms. The molecule has 0 atom stereocenters.